The fourth-order valence-corrected chi connectivity index (χ4v) is 3.62. The molecule has 2 fully saturated rings. The second-order valence-electron chi connectivity index (χ2n) is 7.04. The van der Waals surface area contributed by atoms with Gasteiger partial charge in [-0.25, -0.2) is 0 Å². The van der Waals surface area contributed by atoms with Gasteiger partial charge in [-0.1, -0.05) is 13.8 Å². The predicted octanol–water partition coefficient (Wildman–Crippen LogP) is 0.716. The van der Waals surface area contributed by atoms with Gasteiger partial charge in [-0.15, -0.1) is 0 Å². The molecule has 7 nitrogen and oxygen atoms in total. The summed E-state index contributed by atoms with van der Waals surface area (Å²) in [6.07, 6.45) is 5.53. The molecule has 24 heavy (non-hydrogen) atoms. The van der Waals surface area contributed by atoms with Crippen LogP contribution in [0, 0.1) is 5.92 Å². The number of aryl methyl sites for hydroxylation is 1. The van der Waals surface area contributed by atoms with E-state index in [1.165, 1.54) is 0 Å². The molecule has 3 rings (SSSR count). The summed E-state index contributed by atoms with van der Waals surface area (Å²) in [5.74, 6) is 0.411. The molecule has 132 valence electrons. The van der Waals surface area contributed by atoms with Crippen molar-refractivity contribution in [3.8, 4) is 0 Å². The number of carbonyl (C=O) groups excluding carboxylic acids is 2. The number of aromatic nitrogens is 2. The van der Waals surface area contributed by atoms with Crippen molar-refractivity contribution in [2.75, 3.05) is 37.6 Å². The Balaban J connectivity index is 1.63. The van der Waals surface area contributed by atoms with E-state index in [1.54, 1.807) is 10.9 Å². The molecule has 0 N–H and O–H groups in total. The zero-order valence-electron chi connectivity index (χ0n) is 14.8. The van der Waals surface area contributed by atoms with Crippen molar-refractivity contribution in [2.45, 2.75) is 32.7 Å². The van der Waals surface area contributed by atoms with Crippen LogP contribution in [-0.4, -0.2) is 70.2 Å². The van der Waals surface area contributed by atoms with Gasteiger partial charge >= 0.3 is 0 Å². The summed E-state index contributed by atoms with van der Waals surface area (Å²) in [5.41, 5.74) is 0.876. The summed E-state index contributed by atoms with van der Waals surface area (Å²) < 4.78 is 1.72. The first-order valence-electron chi connectivity index (χ1n) is 8.80. The van der Waals surface area contributed by atoms with Gasteiger partial charge in [0.2, 0.25) is 11.8 Å². The van der Waals surface area contributed by atoms with E-state index < -0.39 is 0 Å². The van der Waals surface area contributed by atoms with Gasteiger partial charge in [0.25, 0.3) is 0 Å². The number of rotatable bonds is 3. The van der Waals surface area contributed by atoms with Crippen LogP contribution in [0.2, 0.25) is 0 Å². The van der Waals surface area contributed by atoms with Crippen LogP contribution < -0.4 is 4.90 Å². The maximum atomic E-state index is 12.9. The maximum absolute atomic E-state index is 12.9. The Morgan fingerprint density at radius 1 is 1.21 bits per heavy atom. The predicted molar refractivity (Wildman–Crippen MR) is 91.6 cm³/mol. The summed E-state index contributed by atoms with van der Waals surface area (Å²) >= 11 is 0. The molecule has 1 atom stereocenters. The maximum Gasteiger partial charge on any atom is 0.244 e. The zero-order chi connectivity index (χ0) is 17.3. The number of carbonyl (C=O) groups is 2. The average molecular weight is 333 g/mol. The van der Waals surface area contributed by atoms with Crippen LogP contribution in [0.25, 0.3) is 0 Å². The number of hydrogen-bond acceptors (Lipinski definition) is 4. The van der Waals surface area contributed by atoms with Crippen LogP contribution >= 0.6 is 0 Å². The van der Waals surface area contributed by atoms with E-state index in [4.69, 9.17) is 0 Å². The van der Waals surface area contributed by atoms with Gasteiger partial charge in [-0.2, -0.15) is 5.10 Å². The number of piperidine rings is 1. The molecule has 2 amide bonds. The molecule has 0 unspecified atom stereocenters. The Bertz CT molecular complexity index is 604. The number of anilines is 1. The lowest BCUT2D eigenvalue weighted by Gasteiger charge is -2.42. The summed E-state index contributed by atoms with van der Waals surface area (Å²) in [7, 11) is 1.86. The summed E-state index contributed by atoms with van der Waals surface area (Å²) in [6, 6.07) is -0.0738. The minimum absolute atomic E-state index is 0.0361. The van der Waals surface area contributed by atoms with E-state index in [0.717, 1.165) is 38.2 Å². The van der Waals surface area contributed by atoms with E-state index in [0.29, 0.717) is 13.1 Å². The van der Waals surface area contributed by atoms with Crippen molar-refractivity contribution < 1.29 is 9.59 Å². The number of amides is 2. The fourth-order valence-electron chi connectivity index (χ4n) is 3.62. The number of nitrogens with zero attached hydrogens (tertiary/aromatic N) is 5. The minimum Gasteiger partial charge on any atom is -0.340 e. The van der Waals surface area contributed by atoms with Crippen LogP contribution in [0.15, 0.2) is 12.4 Å². The molecule has 2 aliphatic heterocycles. The lowest BCUT2D eigenvalue weighted by molar-refractivity contribution is -0.137. The third-order valence-corrected chi connectivity index (χ3v) is 4.97. The quantitative estimate of drug-likeness (QED) is 0.818. The standard InChI is InChI=1S/C17H27N5O2/c1-13(2)16(23)21-9-7-20(8-10-21)15-5-4-6-22(17(15)24)14-11-18-19(3)12-14/h11-13,15H,4-10H2,1-3H3/t15-/m0/s1. The van der Waals surface area contributed by atoms with Crippen molar-refractivity contribution in [2.24, 2.45) is 13.0 Å². The zero-order valence-corrected chi connectivity index (χ0v) is 14.8. The topological polar surface area (TPSA) is 61.7 Å². The molecule has 7 heteroatoms. The molecule has 0 bridgehead atoms. The molecule has 2 saturated heterocycles. The van der Waals surface area contributed by atoms with Gasteiger partial charge in [0.15, 0.2) is 0 Å². The minimum atomic E-state index is -0.0738. The normalized spacial score (nSPS) is 23.2. The molecule has 0 radical (unpaired) electrons. The van der Waals surface area contributed by atoms with Gasteiger partial charge < -0.3 is 9.80 Å². The Hall–Kier alpha value is -1.89. The molecule has 2 aliphatic rings. The average Bonchev–Trinajstić information content (AvgIpc) is 3.01. The SMILES string of the molecule is CC(C)C(=O)N1CCN([C@H]2CCCN(c3cnn(C)c3)C2=O)CC1. The largest absolute Gasteiger partial charge is 0.340 e. The summed E-state index contributed by atoms with van der Waals surface area (Å²) in [5, 5.41) is 4.17. The monoisotopic (exact) mass is 333 g/mol. The van der Waals surface area contributed by atoms with Crippen molar-refractivity contribution in [3.05, 3.63) is 12.4 Å². The molecular weight excluding hydrogens is 306 g/mol. The van der Waals surface area contributed by atoms with Crippen LogP contribution in [0.3, 0.4) is 0 Å². The lowest BCUT2D eigenvalue weighted by Crippen LogP contribution is -2.58. The van der Waals surface area contributed by atoms with E-state index in [-0.39, 0.29) is 23.8 Å². The molecule has 0 saturated carbocycles. The molecular formula is C17H27N5O2. The Kier molecular flexibility index (Phi) is 4.89. The Labute approximate surface area is 143 Å². The highest BCUT2D eigenvalue weighted by Crippen LogP contribution is 2.24. The Morgan fingerprint density at radius 3 is 2.50 bits per heavy atom. The number of hydrogen-bond donors (Lipinski definition) is 0. The van der Waals surface area contributed by atoms with Gasteiger partial charge in [-0.3, -0.25) is 19.2 Å². The number of piperazine rings is 1. The molecule has 0 aliphatic carbocycles. The molecule has 1 aromatic heterocycles. The molecule has 0 spiro atoms. The van der Waals surface area contributed by atoms with E-state index in [9.17, 15) is 9.59 Å². The first-order chi connectivity index (χ1) is 11.5. The highest BCUT2D eigenvalue weighted by atomic mass is 16.2. The van der Waals surface area contributed by atoms with Crippen LogP contribution in [0.4, 0.5) is 5.69 Å². The van der Waals surface area contributed by atoms with Gasteiger partial charge in [0, 0.05) is 51.9 Å². The third kappa shape index (κ3) is 3.31. The van der Waals surface area contributed by atoms with Gasteiger partial charge in [-0.05, 0) is 12.8 Å². The second-order valence-corrected chi connectivity index (χ2v) is 7.04. The van der Waals surface area contributed by atoms with Crippen molar-refractivity contribution >= 4 is 17.5 Å². The van der Waals surface area contributed by atoms with E-state index in [1.807, 2.05) is 36.9 Å². The fraction of sp³-hybridized carbons (Fsp3) is 0.706. The summed E-state index contributed by atoms with van der Waals surface area (Å²) in [4.78, 5) is 31.1. The molecule has 1 aromatic rings. The Morgan fingerprint density at radius 2 is 1.92 bits per heavy atom. The van der Waals surface area contributed by atoms with E-state index in [2.05, 4.69) is 10.00 Å². The van der Waals surface area contributed by atoms with Crippen LogP contribution in [0.5, 0.6) is 0 Å². The summed E-state index contributed by atoms with van der Waals surface area (Å²) in [6.45, 7) is 7.61. The smallest absolute Gasteiger partial charge is 0.244 e. The van der Waals surface area contributed by atoms with Crippen molar-refractivity contribution in [3.63, 3.8) is 0 Å². The van der Waals surface area contributed by atoms with Gasteiger partial charge in [0.1, 0.15) is 0 Å². The second kappa shape index (κ2) is 6.93. The first-order valence-corrected chi connectivity index (χ1v) is 8.80. The van der Waals surface area contributed by atoms with Gasteiger partial charge in [0.05, 0.1) is 17.9 Å². The third-order valence-electron chi connectivity index (χ3n) is 4.97. The van der Waals surface area contributed by atoms with Crippen LogP contribution in [-0.2, 0) is 16.6 Å². The highest BCUT2D eigenvalue weighted by molar-refractivity contribution is 5.97. The first kappa shape index (κ1) is 17.0. The van der Waals surface area contributed by atoms with Crippen molar-refractivity contribution in [1.82, 2.24) is 19.6 Å². The van der Waals surface area contributed by atoms with E-state index >= 15 is 0 Å². The molecule has 0 aromatic carbocycles. The van der Waals surface area contributed by atoms with Crippen LogP contribution in [0.1, 0.15) is 26.7 Å². The molecule has 3 heterocycles. The lowest BCUT2D eigenvalue weighted by atomic mass is 10.0. The highest BCUT2D eigenvalue weighted by Gasteiger charge is 2.36. The van der Waals surface area contributed by atoms with Crippen molar-refractivity contribution in [1.29, 1.82) is 0 Å².